The summed E-state index contributed by atoms with van der Waals surface area (Å²) >= 11 is 2.26. The molecule has 0 bridgehead atoms. The number of hydrogen-bond acceptors (Lipinski definition) is 1. The monoisotopic (exact) mass is 303 g/mol. The largest absolute Gasteiger partial charge is 0.352 e. The third kappa shape index (κ3) is 2.70. The van der Waals surface area contributed by atoms with Gasteiger partial charge in [-0.15, -0.1) is 0 Å². The van der Waals surface area contributed by atoms with Crippen LogP contribution < -0.4 is 5.32 Å². The molecule has 0 aliphatic rings. The maximum Gasteiger partial charge on any atom is 0.251 e. The van der Waals surface area contributed by atoms with Crippen LogP contribution in [0.25, 0.3) is 0 Å². The van der Waals surface area contributed by atoms with Crippen LogP contribution in [0.15, 0.2) is 18.2 Å². The average Bonchev–Trinajstić information content (AvgIpc) is 2.17. The number of amides is 1. The standard InChI is InChI=1S/C11H14INO/c1-3-8-7-9(12)5-6-10(8)11(14)13-4-2/h5-7H,3-4H2,1-2H3,(H,13,14). The highest BCUT2D eigenvalue weighted by Gasteiger charge is 2.08. The highest BCUT2D eigenvalue weighted by Crippen LogP contribution is 2.14. The molecule has 0 fully saturated rings. The van der Waals surface area contributed by atoms with Crippen LogP contribution in [0.1, 0.15) is 29.8 Å². The SMILES string of the molecule is CCNC(=O)c1ccc(I)cc1CC. The van der Waals surface area contributed by atoms with E-state index < -0.39 is 0 Å². The fourth-order valence-corrected chi connectivity index (χ4v) is 1.89. The molecule has 0 saturated heterocycles. The fraction of sp³-hybridized carbons (Fsp3) is 0.364. The average molecular weight is 303 g/mol. The molecule has 1 amide bonds. The first-order chi connectivity index (χ1) is 6.69. The lowest BCUT2D eigenvalue weighted by Gasteiger charge is -2.07. The zero-order valence-electron chi connectivity index (χ0n) is 8.43. The molecule has 0 heterocycles. The summed E-state index contributed by atoms with van der Waals surface area (Å²) in [5.41, 5.74) is 1.91. The molecule has 2 nitrogen and oxygen atoms in total. The molecule has 1 aromatic rings. The summed E-state index contributed by atoms with van der Waals surface area (Å²) in [7, 11) is 0. The molecule has 0 unspecified atom stereocenters. The zero-order chi connectivity index (χ0) is 10.6. The Morgan fingerprint density at radius 3 is 2.71 bits per heavy atom. The van der Waals surface area contributed by atoms with Crippen LogP contribution in [0.2, 0.25) is 0 Å². The Morgan fingerprint density at radius 2 is 2.14 bits per heavy atom. The molecule has 0 spiro atoms. The number of carbonyl (C=O) groups is 1. The molecule has 0 aliphatic carbocycles. The molecule has 1 rings (SSSR count). The third-order valence-corrected chi connectivity index (χ3v) is 2.70. The smallest absolute Gasteiger partial charge is 0.251 e. The van der Waals surface area contributed by atoms with Crippen molar-refractivity contribution < 1.29 is 4.79 Å². The normalized spacial score (nSPS) is 9.93. The number of aryl methyl sites for hydroxylation is 1. The van der Waals surface area contributed by atoms with Gasteiger partial charge < -0.3 is 5.32 Å². The van der Waals surface area contributed by atoms with Gasteiger partial charge in [-0.2, -0.15) is 0 Å². The minimum absolute atomic E-state index is 0.0285. The predicted molar refractivity (Wildman–Crippen MR) is 66.5 cm³/mol. The van der Waals surface area contributed by atoms with E-state index in [1.807, 2.05) is 19.1 Å². The highest BCUT2D eigenvalue weighted by molar-refractivity contribution is 14.1. The van der Waals surface area contributed by atoms with Crippen molar-refractivity contribution in [1.29, 1.82) is 0 Å². The van der Waals surface area contributed by atoms with E-state index in [4.69, 9.17) is 0 Å². The molecule has 0 aromatic heterocycles. The van der Waals surface area contributed by atoms with E-state index in [0.717, 1.165) is 17.5 Å². The Bertz CT molecular complexity index is 336. The number of hydrogen-bond donors (Lipinski definition) is 1. The Balaban J connectivity index is 3.01. The first-order valence-electron chi connectivity index (χ1n) is 4.75. The topological polar surface area (TPSA) is 29.1 Å². The van der Waals surface area contributed by atoms with Gasteiger partial charge in [0.15, 0.2) is 0 Å². The zero-order valence-corrected chi connectivity index (χ0v) is 10.6. The molecule has 0 atom stereocenters. The van der Waals surface area contributed by atoms with Gasteiger partial charge in [0, 0.05) is 15.7 Å². The maximum absolute atomic E-state index is 11.6. The summed E-state index contributed by atoms with van der Waals surface area (Å²) in [5.74, 6) is 0.0285. The van der Waals surface area contributed by atoms with Crippen LogP contribution in [0, 0.1) is 3.57 Å². The quantitative estimate of drug-likeness (QED) is 0.855. The van der Waals surface area contributed by atoms with Crippen LogP contribution in [0.4, 0.5) is 0 Å². The van der Waals surface area contributed by atoms with Crippen molar-refractivity contribution in [3.05, 3.63) is 32.9 Å². The first kappa shape index (κ1) is 11.5. The summed E-state index contributed by atoms with van der Waals surface area (Å²) in [5, 5.41) is 2.81. The van der Waals surface area contributed by atoms with E-state index in [2.05, 4.69) is 40.9 Å². The minimum atomic E-state index is 0.0285. The highest BCUT2D eigenvalue weighted by atomic mass is 127. The van der Waals surface area contributed by atoms with Gasteiger partial charge in [0.2, 0.25) is 0 Å². The van der Waals surface area contributed by atoms with Crippen molar-refractivity contribution in [1.82, 2.24) is 5.32 Å². The van der Waals surface area contributed by atoms with E-state index in [9.17, 15) is 4.79 Å². The third-order valence-electron chi connectivity index (χ3n) is 2.03. The van der Waals surface area contributed by atoms with Gasteiger partial charge >= 0.3 is 0 Å². The van der Waals surface area contributed by atoms with Crippen molar-refractivity contribution in [2.45, 2.75) is 20.3 Å². The van der Waals surface area contributed by atoms with Crippen LogP contribution in [0.3, 0.4) is 0 Å². The van der Waals surface area contributed by atoms with Crippen LogP contribution >= 0.6 is 22.6 Å². The summed E-state index contributed by atoms with van der Waals surface area (Å²) in [4.78, 5) is 11.6. The lowest BCUT2D eigenvalue weighted by atomic mass is 10.0. The minimum Gasteiger partial charge on any atom is -0.352 e. The molecule has 14 heavy (non-hydrogen) atoms. The molecular formula is C11H14INO. The van der Waals surface area contributed by atoms with Gasteiger partial charge in [-0.1, -0.05) is 6.92 Å². The molecule has 76 valence electrons. The Kier molecular flexibility index (Phi) is 4.38. The molecule has 1 N–H and O–H groups in total. The number of halogens is 1. The van der Waals surface area contributed by atoms with Crippen LogP contribution in [-0.4, -0.2) is 12.5 Å². The van der Waals surface area contributed by atoms with Gasteiger partial charge in [-0.3, -0.25) is 4.79 Å². The second kappa shape index (κ2) is 5.34. The molecule has 0 radical (unpaired) electrons. The number of nitrogens with one attached hydrogen (secondary N) is 1. The Hall–Kier alpha value is -0.580. The number of rotatable bonds is 3. The predicted octanol–water partition coefficient (Wildman–Crippen LogP) is 2.60. The van der Waals surface area contributed by atoms with Gasteiger partial charge in [0.1, 0.15) is 0 Å². The van der Waals surface area contributed by atoms with Crippen molar-refractivity contribution in [2.75, 3.05) is 6.54 Å². The number of benzene rings is 1. The molecule has 0 saturated carbocycles. The first-order valence-corrected chi connectivity index (χ1v) is 5.83. The van der Waals surface area contributed by atoms with Gasteiger partial charge in [-0.25, -0.2) is 0 Å². The molecular weight excluding hydrogens is 289 g/mol. The summed E-state index contributed by atoms with van der Waals surface area (Å²) in [6, 6.07) is 5.92. The van der Waals surface area contributed by atoms with Gasteiger partial charge in [-0.05, 0) is 59.7 Å². The van der Waals surface area contributed by atoms with E-state index in [1.54, 1.807) is 0 Å². The van der Waals surface area contributed by atoms with Gasteiger partial charge in [0.05, 0.1) is 0 Å². The molecule has 1 aromatic carbocycles. The van der Waals surface area contributed by atoms with Crippen molar-refractivity contribution >= 4 is 28.5 Å². The second-order valence-corrected chi connectivity index (χ2v) is 4.26. The van der Waals surface area contributed by atoms with Crippen molar-refractivity contribution in [3.63, 3.8) is 0 Å². The number of carbonyl (C=O) groups excluding carboxylic acids is 1. The second-order valence-electron chi connectivity index (χ2n) is 3.01. The summed E-state index contributed by atoms with van der Waals surface area (Å²) in [6.45, 7) is 4.67. The fourth-order valence-electron chi connectivity index (χ4n) is 1.33. The van der Waals surface area contributed by atoms with Crippen molar-refractivity contribution in [3.8, 4) is 0 Å². The Labute approximate surface area is 98.2 Å². The lowest BCUT2D eigenvalue weighted by molar-refractivity contribution is 0.0955. The van der Waals surface area contributed by atoms with E-state index in [-0.39, 0.29) is 5.91 Å². The van der Waals surface area contributed by atoms with Crippen molar-refractivity contribution in [2.24, 2.45) is 0 Å². The summed E-state index contributed by atoms with van der Waals surface area (Å²) < 4.78 is 1.17. The lowest BCUT2D eigenvalue weighted by Crippen LogP contribution is -2.23. The van der Waals surface area contributed by atoms with E-state index in [1.165, 1.54) is 3.57 Å². The van der Waals surface area contributed by atoms with Gasteiger partial charge in [0.25, 0.3) is 5.91 Å². The van der Waals surface area contributed by atoms with E-state index >= 15 is 0 Å². The Morgan fingerprint density at radius 1 is 1.43 bits per heavy atom. The van der Waals surface area contributed by atoms with E-state index in [0.29, 0.717) is 6.54 Å². The summed E-state index contributed by atoms with van der Waals surface area (Å²) in [6.07, 6.45) is 0.892. The maximum atomic E-state index is 11.6. The molecule has 0 aliphatic heterocycles. The molecule has 3 heteroatoms. The van der Waals surface area contributed by atoms with Crippen LogP contribution in [-0.2, 0) is 6.42 Å². The van der Waals surface area contributed by atoms with Crippen LogP contribution in [0.5, 0.6) is 0 Å².